The Bertz CT molecular complexity index is 136. The molecular weight excluding hydrogens is 174 g/mol. The molecule has 0 bridgehead atoms. The third kappa shape index (κ3) is 3.74. The SMILES string of the molecule is CC(C)CC1NC(C)(C)CO1.Cl. The molecule has 1 aliphatic rings. The Morgan fingerprint density at radius 3 is 2.42 bits per heavy atom. The Hall–Kier alpha value is 0.210. The van der Waals surface area contributed by atoms with E-state index in [4.69, 9.17) is 4.74 Å². The average Bonchev–Trinajstić information content (AvgIpc) is 2.08. The first-order chi connectivity index (χ1) is 4.99. The lowest BCUT2D eigenvalue weighted by Crippen LogP contribution is -2.39. The van der Waals surface area contributed by atoms with Crippen LogP contribution in [0.4, 0.5) is 0 Å². The van der Waals surface area contributed by atoms with Crippen molar-refractivity contribution in [2.24, 2.45) is 5.92 Å². The van der Waals surface area contributed by atoms with Gasteiger partial charge in [0.2, 0.25) is 0 Å². The quantitative estimate of drug-likeness (QED) is 0.726. The predicted octanol–water partition coefficient (Wildman–Crippen LogP) is 2.18. The lowest BCUT2D eigenvalue weighted by Gasteiger charge is -2.17. The van der Waals surface area contributed by atoms with Crippen molar-refractivity contribution in [1.82, 2.24) is 5.32 Å². The standard InChI is InChI=1S/C9H19NO.ClH/c1-7(2)5-8-10-9(3,4)6-11-8;/h7-8,10H,5-6H2,1-4H3;1H. The van der Waals surface area contributed by atoms with Crippen LogP contribution in [0.5, 0.6) is 0 Å². The molecule has 1 unspecified atom stereocenters. The molecule has 0 aromatic carbocycles. The minimum absolute atomic E-state index is 0. The van der Waals surface area contributed by atoms with Crippen LogP contribution in [-0.2, 0) is 4.74 Å². The molecule has 2 nitrogen and oxygen atoms in total. The molecule has 3 heteroatoms. The van der Waals surface area contributed by atoms with E-state index in [9.17, 15) is 0 Å². The minimum Gasteiger partial charge on any atom is -0.361 e. The van der Waals surface area contributed by atoms with E-state index in [1.807, 2.05) is 0 Å². The number of nitrogens with one attached hydrogen (secondary N) is 1. The maximum atomic E-state index is 5.57. The maximum absolute atomic E-state index is 5.57. The van der Waals surface area contributed by atoms with Gasteiger partial charge >= 0.3 is 0 Å². The molecule has 0 aromatic heterocycles. The zero-order valence-corrected chi connectivity index (χ0v) is 9.20. The van der Waals surface area contributed by atoms with E-state index >= 15 is 0 Å². The van der Waals surface area contributed by atoms with Gasteiger partial charge in [-0.3, -0.25) is 5.32 Å². The van der Waals surface area contributed by atoms with E-state index in [2.05, 4.69) is 33.0 Å². The number of halogens is 1. The molecule has 0 saturated carbocycles. The third-order valence-corrected chi connectivity index (χ3v) is 1.88. The van der Waals surface area contributed by atoms with Gasteiger partial charge in [-0.05, 0) is 26.2 Å². The van der Waals surface area contributed by atoms with E-state index < -0.39 is 0 Å². The number of ether oxygens (including phenoxy) is 1. The highest BCUT2D eigenvalue weighted by molar-refractivity contribution is 5.85. The van der Waals surface area contributed by atoms with E-state index in [0.29, 0.717) is 5.92 Å². The van der Waals surface area contributed by atoms with E-state index in [0.717, 1.165) is 13.0 Å². The van der Waals surface area contributed by atoms with Gasteiger partial charge in [0.25, 0.3) is 0 Å². The van der Waals surface area contributed by atoms with Gasteiger partial charge in [-0.25, -0.2) is 0 Å². The topological polar surface area (TPSA) is 21.3 Å². The molecule has 0 aromatic rings. The van der Waals surface area contributed by atoms with Crippen molar-refractivity contribution in [2.45, 2.75) is 45.9 Å². The molecule has 74 valence electrons. The van der Waals surface area contributed by atoms with Crippen molar-refractivity contribution < 1.29 is 4.74 Å². The largest absolute Gasteiger partial charge is 0.361 e. The van der Waals surface area contributed by atoms with Crippen LogP contribution in [0.1, 0.15) is 34.1 Å². The van der Waals surface area contributed by atoms with Crippen LogP contribution < -0.4 is 5.32 Å². The molecule has 1 heterocycles. The smallest absolute Gasteiger partial charge is 0.108 e. The summed E-state index contributed by atoms with van der Waals surface area (Å²) in [5, 5.41) is 3.44. The molecular formula is C9H20ClNO. The van der Waals surface area contributed by atoms with Crippen molar-refractivity contribution in [3.8, 4) is 0 Å². The zero-order chi connectivity index (χ0) is 8.48. The molecule has 1 aliphatic heterocycles. The molecule has 0 amide bonds. The highest BCUT2D eigenvalue weighted by Crippen LogP contribution is 2.18. The average molecular weight is 194 g/mol. The summed E-state index contributed by atoms with van der Waals surface area (Å²) in [4.78, 5) is 0. The fraction of sp³-hybridized carbons (Fsp3) is 1.00. The third-order valence-electron chi connectivity index (χ3n) is 1.88. The van der Waals surface area contributed by atoms with Crippen LogP contribution in [0.2, 0.25) is 0 Å². The molecule has 1 atom stereocenters. The van der Waals surface area contributed by atoms with Crippen molar-refractivity contribution in [3.05, 3.63) is 0 Å². The summed E-state index contributed by atoms with van der Waals surface area (Å²) >= 11 is 0. The second kappa shape index (κ2) is 4.45. The lowest BCUT2D eigenvalue weighted by atomic mass is 10.1. The minimum atomic E-state index is 0. The van der Waals surface area contributed by atoms with Crippen molar-refractivity contribution in [2.75, 3.05) is 6.61 Å². The van der Waals surface area contributed by atoms with Crippen LogP contribution in [0.3, 0.4) is 0 Å². The first-order valence-electron chi connectivity index (χ1n) is 4.39. The first kappa shape index (κ1) is 12.2. The van der Waals surface area contributed by atoms with Gasteiger partial charge in [0.05, 0.1) is 6.61 Å². The van der Waals surface area contributed by atoms with Gasteiger partial charge in [-0.15, -0.1) is 12.4 Å². The molecule has 1 rings (SSSR count). The number of hydrogen-bond donors (Lipinski definition) is 1. The zero-order valence-electron chi connectivity index (χ0n) is 8.39. The van der Waals surface area contributed by atoms with Gasteiger partial charge in [0.1, 0.15) is 6.23 Å². The molecule has 0 aliphatic carbocycles. The molecule has 0 spiro atoms. The molecule has 1 fully saturated rings. The molecule has 1 saturated heterocycles. The Morgan fingerprint density at radius 1 is 1.50 bits per heavy atom. The molecule has 1 N–H and O–H groups in total. The summed E-state index contributed by atoms with van der Waals surface area (Å²) in [6.07, 6.45) is 1.40. The summed E-state index contributed by atoms with van der Waals surface area (Å²) in [6.45, 7) is 9.62. The normalized spacial score (nSPS) is 27.2. The Kier molecular flexibility index (Phi) is 4.53. The summed E-state index contributed by atoms with van der Waals surface area (Å²) in [7, 11) is 0. The Balaban J connectivity index is 0.00000121. The highest BCUT2D eigenvalue weighted by Gasteiger charge is 2.30. The number of rotatable bonds is 2. The summed E-state index contributed by atoms with van der Waals surface area (Å²) in [5.74, 6) is 0.710. The van der Waals surface area contributed by atoms with Gasteiger partial charge in [-0.1, -0.05) is 13.8 Å². The van der Waals surface area contributed by atoms with Crippen LogP contribution in [-0.4, -0.2) is 18.4 Å². The summed E-state index contributed by atoms with van der Waals surface area (Å²) in [6, 6.07) is 0. The second-order valence-electron chi connectivity index (χ2n) is 4.46. The summed E-state index contributed by atoms with van der Waals surface area (Å²) < 4.78 is 5.57. The van der Waals surface area contributed by atoms with Crippen LogP contribution in [0, 0.1) is 5.92 Å². The van der Waals surface area contributed by atoms with E-state index in [-0.39, 0.29) is 24.2 Å². The van der Waals surface area contributed by atoms with Gasteiger partial charge in [-0.2, -0.15) is 0 Å². The predicted molar refractivity (Wildman–Crippen MR) is 53.7 cm³/mol. The maximum Gasteiger partial charge on any atom is 0.108 e. The second-order valence-corrected chi connectivity index (χ2v) is 4.46. The van der Waals surface area contributed by atoms with E-state index in [1.54, 1.807) is 0 Å². The first-order valence-corrected chi connectivity index (χ1v) is 4.39. The Labute approximate surface area is 81.5 Å². The van der Waals surface area contributed by atoms with Gasteiger partial charge in [0, 0.05) is 5.54 Å². The van der Waals surface area contributed by atoms with E-state index in [1.165, 1.54) is 0 Å². The monoisotopic (exact) mass is 193 g/mol. The van der Waals surface area contributed by atoms with Crippen LogP contribution >= 0.6 is 12.4 Å². The fourth-order valence-corrected chi connectivity index (χ4v) is 1.38. The van der Waals surface area contributed by atoms with Crippen molar-refractivity contribution >= 4 is 12.4 Å². The highest BCUT2D eigenvalue weighted by atomic mass is 35.5. The Morgan fingerprint density at radius 2 is 2.08 bits per heavy atom. The van der Waals surface area contributed by atoms with Crippen molar-refractivity contribution in [3.63, 3.8) is 0 Å². The van der Waals surface area contributed by atoms with Gasteiger partial charge in [0.15, 0.2) is 0 Å². The van der Waals surface area contributed by atoms with Gasteiger partial charge < -0.3 is 4.74 Å². The number of hydrogen-bond acceptors (Lipinski definition) is 2. The van der Waals surface area contributed by atoms with Crippen molar-refractivity contribution in [1.29, 1.82) is 0 Å². The van der Waals surface area contributed by atoms with Crippen LogP contribution in [0.15, 0.2) is 0 Å². The molecule has 12 heavy (non-hydrogen) atoms. The fourth-order valence-electron chi connectivity index (χ4n) is 1.38. The summed E-state index contributed by atoms with van der Waals surface area (Å²) in [5.41, 5.74) is 0.180. The lowest BCUT2D eigenvalue weighted by molar-refractivity contribution is 0.0819. The van der Waals surface area contributed by atoms with Crippen LogP contribution in [0.25, 0.3) is 0 Å². The molecule has 0 radical (unpaired) electrons.